The van der Waals surface area contributed by atoms with Gasteiger partial charge < -0.3 is 15.0 Å². The minimum absolute atomic E-state index is 0.653. The monoisotopic (exact) mass is 297 g/mol. The van der Waals surface area contributed by atoms with Crippen LogP contribution < -0.4 is 5.32 Å². The lowest BCUT2D eigenvalue weighted by Gasteiger charge is -2.22. The molecular formula is C15H24ClN3O. The van der Waals surface area contributed by atoms with E-state index in [1.807, 2.05) is 38.2 Å². The van der Waals surface area contributed by atoms with Crippen LogP contribution in [0.5, 0.6) is 0 Å². The molecule has 0 bridgehead atoms. The normalized spacial score (nSPS) is 11.5. The van der Waals surface area contributed by atoms with Gasteiger partial charge in [0.15, 0.2) is 5.96 Å². The third-order valence-corrected chi connectivity index (χ3v) is 2.98. The number of guanidine groups is 1. The van der Waals surface area contributed by atoms with Gasteiger partial charge in [0.25, 0.3) is 0 Å². The smallest absolute Gasteiger partial charge is 0.194 e. The first-order valence-electron chi connectivity index (χ1n) is 6.99. The second-order valence-electron chi connectivity index (χ2n) is 4.42. The molecule has 0 saturated heterocycles. The number of ether oxygens (including phenoxy) is 1. The molecule has 112 valence electrons. The Bertz CT molecular complexity index is 406. The Labute approximate surface area is 126 Å². The van der Waals surface area contributed by atoms with Crippen LogP contribution in [0, 0.1) is 0 Å². The fourth-order valence-corrected chi connectivity index (χ4v) is 1.89. The maximum absolute atomic E-state index is 5.90. The number of nitrogens with one attached hydrogen (secondary N) is 1. The molecule has 1 N–H and O–H groups in total. The Morgan fingerprint density at radius 3 is 2.60 bits per heavy atom. The predicted molar refractivity (Wildman–Crippen MR) is 85.4 cm³/mol. The quantitative estimate of drug-likeness (QED) is 0.478. The fourth-order valence-electron chi connectivity index (χ4n) is 1.77. The number of aliphatic imine (C=N–C) groups is 1. The van der Waals surface area contributed by atoms with Crippen molar-refractivity contribution in [2.45, 2.75) is 20.4 Å². The van der Waals surface area contributed by atoms with Gasteiger partial charge in [-0.1, -0.05) is 23.7 Å². The summed E-state index contributed by atoms with van der Waals surface area (Å²) in [5.74, 6) is 0.891. The Balaban J connectivity index is 2.58. The molecule has 0 radical (unpaired) electrons. The van der Waals surface area contributed by atoms with Crippen LogP contribution in [0.4, 0.5) is 0 Å². The molecule has 0 aliphatic heterocycles. The van der Waals surface area contributed by atoms with E-state index in [-0.39, 0.29) is 0 Å². The van der Waals surface area contributed by atoms with E-state index in [0.717, 1.165) is 30.7 Å². The van der Waals surface area contributed by atoms with Crippen LogP contribution >= 0.6 is 11.6 Å². The summed E-state index contributed by atoms with van der Waals surface area (Å²) in [6.45, 7) is 7.74. The molecule has 0 spiro atoms. The number of halogens is 1. The van der Waals surface area contributed by atoms with E-state index in [2.05, 4.69) is 22.1 Å². The average Bonchev–Trinajstić information content (AvgIpc) is 2.44. The van der Waals surface area contributed by atoms with Crippen LogP contribution in [-0.2, 0) is 11.3 Å². The zero-order valence-corrected chi connectivity index (χ0v) is 13.3. The summed E-state index contributed by atoms with van der Waals surface area (Å²) < 4.78 is 5.31. The number of benzene rings is 1. The van der Waals surface area contributed by atoms with Gasteiger partial charge in [0, 0.05) is 31.8 Å². The maximum atomic E-state index is 5.90. The van der Waals surface area contributed by atoms with E-state index in [9.17, 15) is 0 Å². The molecule has 1 aromatic carbocycles. The van der Waals surface area contributed by atoms with E-state index in [0.29, 0.717) is 13.2 Å². The van der Waals surface area contributed by atoms with E-state index in [1.54, 1.807) is 0 Å². The SMILES string of the molecule is CCNC(=NCCOCC)N(C)Cc1ccc(Cl)cc1. The molecule has 1 rings (SSSR count). The molecule has 0 aliphatic rings. The van der Waals surface area contributed by atoms with Crippen molar-refractivity contribution in [2.75, 3.05) is 33.4 Å². The number of nitrogens with zero attached hydrogens (tertiary/aromatic N) is 2. The molecule has 0 aromatic heterocycles. The first-order valence-corrected chi connectivity index (χ1v) is 7.36. The molecule has 0 saturated carbocycles. The average molecular weight is 298 g/mol. The zero-order chi connectivity index (χ0) is 14.8. The highest BCUT2D eigenvalue weighted by Gasteiger charge is 2.06. The highest BCUT2D eigenvalue weighted by atomic mass is 35.5. The zero-order valence-electron chi connectivity index (χ0n) is 12.5. The molecule has 4 nitrogen and oxygen atoms in total. The van der Waals surface area contributed by atoms with Gasteiger partial charge in [0.2, 0.25) is 0 Å². The van der Waals surface area contributed by atoms with Gasteiger partial charge in [-0.2, -0.15) is 0 Å². The summed E-state index contributed by atoms with van der Waals surface area (Å²) in [5.41, 5.74) is 1.20. The molecular weight excluding hydrogens is 274 g/mol. The van der Waals surface area contributed by atoms with Crippen LogP contribution in [-0.4, -0.2) is 44.2 Å². The van der Waals surface area contributed by atoms with Gasteiger partial charge in [-0.15, -0.1) is 0 Å². The van der Waals surface area contributed by atoms with Gasteiger partial charge in [-0.05, 0) is 31.5 Å². The van der Waals surface area contributed by atoms with Gasteiger partial charge in [0.05, 0.1) is 13.2 Å². The summed E-state index contributed by atoms with van der Waals surface area (Å²) in [6.07, 6.45) is 0. The summed E-state index contributed by atoms with van der Waals surface area (Å²) >= 11 is 5.90. The van der Waals surface area contributed by atoms with Gasteiger partial charge in [-0.3, -0.25) is 4.99 Å². The third kappa shape index (κ3) is 6.26. The molecule has 1 aromatic rings. The topological polar surface area (TPSA) is 36.9 Å². The van der Waals surface area contributed by atoms with Crippen molar-refractivity contribution in [3.63, 3.8) is 0 Å². The Morgan fingerprint density at radius 1 is 1.30 bits per heavy atom. The molecule has 0 heterocycles. The van der Waals surface area contributed by atoms with Crippen molar-refractivity contribution in [1.29, 1.82) is 0 Å². The van der Waals surface area contributed by atoms with Crippen molar-refractivity contribution in [3.8, 4) is 0 Å². The Morgan fingerprint density at radius 2 is 2.00 bits per heavy atom. The largest absolute Gasteiger partial charge is 0.380 e. The molecule has 20 heavy (non-hydrogen) atoms. The van der Waals surface area contributed by atoms with Crippen LogP contribution in [0.25, 0.3) is 0 Å². The number of rotatable bonds is 7. The minimum Gasteiger partial charge on any atom is -0.380 e. The number of hydrogen-bond donors (Lipinski definition) is 1. The van der Waals surface area contributed by atoms with E-state index in [1.165, 1.54) is 5.56 Å². The lowest BCUT2D eigenvalue weighted by molar-refractivity contribution is 0.155. The summed E-state index contributed by atoms with van der Waals surface area (Å²) in [7, 11) is 2.02. The first-order chi connectivity index (χ1) is 9.67. The van der Waals surface area contributed by atoms with Crippen molar-refractivity contribution < 1.29 is 4.74 Å². The van der Waals surface area contributed by atoms with Gasteiger partial charge >= 0.3 is 0 Å². The van der Waals surface area contributed by atoms with E-state index in [4.69, 9.17) is 16.3 Å². The Kier molecular flexibility index (Phi) is 8.07. The molecule has 5 heteroatoms. The first kappa shape index (κ1) is 16.8. The molecule has 0 aliphatic carbocycles. The van der Waals surface area contributed by atoms with Gasteiger partial charge in [0.1, 0.15) is 0 Å². The molecule has 0 amide bonds. The second kappa shape index (κ2) is 9.61. The second-order valence-corrected chi connectivity index (χ2v) is 4.85. The van der Waals surface area contributed by atoms with Crippen molar-refractivity contribution in [3.05, 3.63) is 34.9 Å². The highest BCUT2D eigenvalue weighted by molar-refractivity contribution is 6.30. The summed E-state index contributed by atoms with van der Waals surface area (Å²) in [4.78, 5) is 6.64. The molecule has 0 fully saturated rings. The lowest BCUT2D eigenvalue weighted by Crippen LogP contribution is -2.38. The fraction of sp³-hybridized carbons (Fsp3) is 0.533. The van der Waals surface area contributed by atoms with E-state index < -0.39 is 0 Å². The van der Waals surface area contributed by atoms with Crippen LogP contribution in [0.2, 0.25) is 5.02 Å². The lowest BCUT2D eigenvalue weighted by atomic mass is 10.2. The summed E-state index contributed by atoms with van der Waals surface area (Å²) in [5, 5.41) is 4.04. The van der Waals surface area contributed by atoms with Crippen LogP contribution in [0.15, 0.2) is 29.3 Å². The third-order valence-electron chi connectivity index (χ3n) is 2.73. The number of hydrogen-bond acceptors (Lipinski definition) is 2. The van der Waals surface area contributed by atoms with Crippen LogP contribution in [0.3, 0.4) is 0 Å². The predicted octanol–water partition coefficient (Wildman–Crippen LogP) is 2.77. The van der Waals surface area contributed by atoms with E-state index >= 15 is 0 Å². The standard InChI is InChI=1S/C15H24ClN3O/c1-4-17-15(18-10-11-20-5-2)19(3)12-13-6-8-14(16)9-7-13/h6-9H,4-5,10-12H2,1-3H3,(H,17,18). The van der Waals surface area contributed by atoms with Crippen molar-refractivity contribution in [1.82, 2.24) is 10.2 Å². The molecule has 0 unspecified atom stereocenters. The summed E-state index contributed by atoms with van der Waals surface area (Å²) in [6, 6.07) is 7.87. The van der Waals surface area contributed by atoms with Gasteiger partial charge in [-0.25, -0.2) is 0 Å². The van der Waals surface area contributed by atoms with Crippen molar-refractivity contribution in [2.24, 2.45) is 4.99 Å². The Hall–Kier alpha value is -1.26. The van der Waals surface area contributed by atoms with Crippen molar-refractivity contribution >= 4 is 17.6 Å². The van der Waals surface area contributed by atoms with Crippen LogP contribution in [0.1, 0.15) is 19.4 Å². The maximum Gasteiger partial charge on any atom is 0.194 e. The molecule has 0 atom stereocenters. The highest BCUT2D eigenvalue weighted by Crippen LogP contribution is 2.10. The minimum atomic E-state index is 0.653.